The average Bonchev–Trinajstić information content (AvgIpc) is 2.29. The molecular weight excluding hydrogens is 206 g/mol. The summed E-state index contributed by atoms with van der Waals surface area (Å²) in [7, 11) is 0. The van der Waals surface area contributed by atoms with Crippen LogP contribution in [0.5, 0.6) is 0 Å². The lowest BCUT2D eigenvalue weighted by Crippen LogP contribution is -2.41. The van der Waals surface area contributed by atoms with Crippen molar-refractivity contribution < 1.29 is 0 Å². The van der Waals surface area contributed by atoms with E-state index in [0.29, 0.717) is 11.5 Å². The maximum absolute atomic E-state index is 6.56. The number of nitrogens with two attached hydrogens (primary N) is 1. The third kappa shape index (κ3) is 3.47. The van der Waals surface area contributed by atoms with Crippen molar-refractivity contribution in [2.75, 3.05) is 0 Å². The van der Waals surface area contributed by atoms with E-state index >= 15 is 0 Å². The van der Waals surface area contributed by atoms with Crippen LogP contribution in [-0.2, 0) is 0 Å². The molecular formula is C16H31N. The van der Waals surface area contributed by atoms with Crippen molar-refractivity contribution in [1.29, 1.82) is 0 Å². The highest BCUT2D eigenvalue weighted by atomic mass is 14.7. The molecule has 1 unspecified atom stereocenters. The van der Waals surface area contributed by atoms with Crippen LogP contribution < -0.4 is 5.73 Å². The molecule has 0 aromatic heterocycles. The fraction of sp³-hybridized carbons (Fsp3) is 1.00. The van der Waals surface area contributed by atoms with Gasteiger partial charge in [-0.25, -0.2) is 0 Å². The SMILES string of the molecule is CC1CCC(C(N)C2CCC(C)(C)CC2)CC1. The van der Waals surface area contributed by atoms with Crippen LogP contribution in [0.2, 0.25) is 0 Å². The fourth-order valence-electron chi connectivity index (χ4n) is 3.86. The molecule has 2 aliphatic rings. The molecule has 0 radical (unpaired) electrons. The van der Waals surface area contributed by atoms with Gasteiger partial charge < -0.3 is 5.73 Å². The molecule has 100 valence electrons. The molecule has 0 amide bonds. The third-order valence-electron chi connectivity index (χ3n) is 5.53. The Morgan fingerprint density at radius 2 is 1.35 bits per heavy atom. The van der Waals surface area contributed by atoms with E-state index in [1.807, 2.05) is 0 Å². The Bertz CT molecular complexity index is 228. The zero-order valence-corrected chi connectivity index (χ0v) is 12.0. The molecule has 2 fully saturated rings. The highest BCUT2D eigenvalue weighted by Gasteiger charge is 2.34. The predicted molar refractivity (Wildman–Crippen MR) is 74.8 cm³/mol. The van der Waals surface area contributed by atoms with E-state index in [-0.39, 0.29) is 0 Å². The highest BCUT2D eigenvalue weighted by Crippen LogP contribution is 2.42. The van der Waals surface area contributed by atoms with Gasteiger partial charge in [-0.3, -0.25) is 0 Å². The fourth-order valence-corrected chi connectivity index (χ4v) is 3.86. The Hall–Kier alpha value is -0.0400. The minimum Gasteiger partial charge on any atom is -0.327 e. The van der Waals surface area contributed by atoms with Crippen molar-refractivity contribution in [3.63, 3.8) is 0 Å². The van der Waals surface area contributed by atoms with Gasteiger partial charge >= 0.3 is 0 Å². The Morgan fingerprint density at radius 1 is 0.882 bits per heavy atom. The second-order valence-corrected chi connectivity index (χ2v) is 7.60. The monoisotopic (exact) mass is 237 g/mol. The molecule has 2 saturated carbocycles. The van der Waals surface area contributed by atoms with Crippen molar-refractivity contribution in [3.8, 4) is 0 Å². The summed E-state index contributed by atoms with van der Waals surface area (Å²) in [6.45, 7) is 7.22. The predicted octanol–water partition coefficient (Wildman–Crippen LogP) is 4.36. The molecule has 2 rings (SSSR count). The van der Waals surface area contributed by atoms with Gasteiger partial charge in [0.1, 0.15) is 0 Å². The zero-order chi connectivity index (χ0) is 12.5. The lowest BCUT2D eigenvalue weighted by molar-refractivity contribution is 0.133. The Balaban J connectivity index is 1.82. The summed E-state index contributed by atoms with van der Waals surface area (Å²) in [5.74, 6) is 2.60. The molecule has 1 atom stereocenters. The van der Waals surface area contributed by atoms with Gasteiger partial charge in [-0.2, -0.15) is 0 Å². The Kier molecular flexibility index (Phi) is 4.18. The maximum atomic E-state index is 6.56. The van der Waals surface area contributed by atoms with Crippen LogP contribution in [0.3, 0.4) is 0 Å². The van der Waals surface area contributed by atoms with E-state index in [0.717, 1.165) is 17.8 Å². The van der Waals surface area contributed by atoms with Crippen LogP contribution in [0.25, 0.3) is 0 Å². The van der Waals surface area contributed by atoms with Gasteiger partial charge in [0, 0.05) is 6.04 Å². The van der Waals surface area contributed by atoms with E-state index in [2.05, 4.69) is 20.8 Å². The summed E-state index contributed by atoms with van der Waals surface area (Å²) >= 11 is 0. The Labute approximate surface area is 108 Å². The van der Waals surface area contributed by atoms with Crippen molar-refractivity contribution in [3.05, 3.63) is 0 Å². The number of hydrogen-bond donors (Lipinski definition) is 1. The van der Waals surface area contributed by atoms with Crippen LogP contribution in [0.15, 0.2) is 0 Å². The lowest BCUT2D eigenvalue weighted by Gasteiger charge is -2.41. The summed E-state index contributed by atoms with van der Waals surface area (Å²) in [6, 6.07) is 0.499. The summed E-state index contributed by atoms with van der Waals surface area (Å²) in [6.07, 6.45) is 11.1. The first kappa shape index (κ1) is 13.4. The van der Waals surface area contributed by atoms with Crippen LogP contribution in [0.4, 0.5) is 0 Å². The van der Waals surface area contributed by atoms with Gasteiger partial charge in [-0.15, -0.1) is 0 Å². The maximum Gasteiger partial charge on any atom is 0.00956 e. The normalized spacial score (nSPS) is 36.7. The van der Waals surface area contributed by atoms with E-state index in [4.69, 9.17) is 5.73 Å². The molecule has 0 aliphatic heterocycles. The van der Waals surface area contributed by atoms with Crippen molar-refractivity contribution in [1.82, 2.24) is 0 Å². The largest absolute Gasteiger partial charge is 0.327 e. The summed E-state index contributed by atoms with van der Waals surface area (Å²) in [5, 5.41) is 0. The van der Waals surface area contributed by atoms with Crippen LogP contribution in [-0.4, -0.2) is 6.04 Å². The standard InChI is InChI=1S/C16H31N/c1-12-4-6-13(7-5-12)15(17)14-8-10-16(2,3)11-9-14/h12-15H,4-11,17H2,1-3H3. The van der Waals surface area contributed by atoms with Gasteiger partial charge in [0.2, 0.25) is 0 Å². The molecule has 0 aromatic rings. The minimum atomic E-state index is 0.499. The van der Waals surface area contributed by atoms with E-state index in [1.165, 1.54) is 51.4 Å². The number of hydrogen-bond acceptors (Lipinski definition) is 1. The van der Waals surface area contributed by atoms with E-state index < -0.39 is 0 Å². The van der Waals surface area contributed by atoms with Gasteiger partial charge in [-0.1, -0.05) is 33.6 Å². The van der Waals surface area contributed by atoms with Gasteiger partial charge in [0.25, 0.3) is 0 Å². The molecule has 17 heavy (non-hydrogen) atoms. The first-order valence-electron chi connectivity index (χ1n) is 7.73. The van der Waals surface area contributed by atoms with E-state index in [1.54, 1.807) is 0 Å². The second kappa shape index (κ2) is 5.30. The molecule has 2 N–H and O–H groups in total. The molecule has 0 spiro atoms. The third-order valence-corrected chi connectivity index (χ3v) is 5.53. The molecule has 1 heteroatoms. The molecule has 1 nitrogen and oxygen atoms in total. The first-order valence-corrected chi connectivity index (χ1v) is 7.73. The minimum absolute atomic E-state index is 0.499. The van der Waals surface area contributed by atoms with Crippen LogP contribution in [0, 0.1) is 23.2 Å². The van der Waals surface area contributed by atoms with Crippen molar-refractivity contribution >= 4 is 0 Å². The average molecular weight is 237 g/mol. The molecule has 0 aromatic carbocycles. The number of rotatable bonds is 2. The van der Waals surface area contributed by atoms with Gasteiger partial charge in [0.05, 0.1) is 0 Å². The molecule has 2 aliphatic carbocycles. The smallest absolute Gasteiger partial charge is 0.00956 e. The van der Waals surface area contributed by atoms with Crippen molar-refractivity contribution in [2.45, 2.75) is 78.2 Å². The van der Waals surface area contributed by atoms with Crippen molar-refractivity contribution in [2.24, 2.45) is 28.9 Å². The molecule has 0 heterocycles. The quantitative estimate of drug-likeness (QED) is 0.759. The zero-order valence-electron chi connectivity index (χ0n) is 12.0. The summed E-state index contributed by atoms with van der Waals surface area (Å²) in [4.78, 5) is 0. The van der Waals surface area contributed by atoms with E-state index in [9.17, 15) is 0 Å². The van der Waals surface area contributed by atoms with Crippen LogP contribution in [0.1, 0.15) is 72.1 Å². The van der Waals surface area contributed by atoms with Gasteiger partial charge in [0.15, 0.2) is 0 Å². The summed E-state index contributed by atoms with van der Waals surface area (Å²) < 4.78 is 0. The summed E-state index contributed by atoms with van der Waals surface area (Å²) in [5.41, 5.74) is 7.14. The lowest BCUT2D eigenvalue weighted by atomic mass is 9.67. The molecule has 0 saturated heterocycles. The highest BCUT2D eigenvalue weighted by molar-refractivity contribution is 4.88. The second-order valence-electron chi connectivity index (χ2n) is 7.60. The molecule has 0 bridgehead atoms. The van der Waals surface area contributed by atoms with Crippen LogP contribution >= 0.6 is 0 Å². The van der Waals surface area contributed by atoms with Gasteiger partial charge in [-0.05, 0) is 61.7 Å². The first-order chi connectivity index (χ1) is 7.98. The Morgan fingerprint density at radius 3 is 1.88 bits per heavy atom. The topological polar surface area (TPSA) is 26.0 Å².